The molecule has 4 aromatic rings. The molecule has 4 rings (SSSR count). The summed E-state index contributed by atoms with van der Waals surface area (Å²) in [4.78, 5) is 17.1. The zero-order chi connectivity index (χ0) is 23.6. The lowest BCUT2D eigenvalue weighted by Crippen LogP contribution is -2.23. The highest BCUT2D eigenvalue weighted by Gasteiger charge is 2.21. The Labute approximate surface area is 192 Å². The Bertz CT molecular complexity index is 1270. The van der Waals surface area contributed by atoms with Crippen molar-refractivity contribution < 1.29 is 14.3 Å². The Kier molecular flexibility index (Phi) is 6.06. The zero-order valence-electron chi connectivity index (χ0n) is 19.2. The van der Waals surface area contributed by atoms with E-state index in [9.17, 15) is 4.79 Å². The van der Waals surface area contributed by atoms with Gasteiger partial charge in [-0.15, -0.1) is 0 Å². The fraction of sp³-hybridized carbons (Fsp3) is 0.292. The highest BCUT2D eigenvalue weighted by Crippen LogP contribution is 2.25. The summed E-state index contributed by atoms with van der Waals surface area (Å²) in [6, 6.07) is 14.5. The van der Waals surface area contributed by atoms with E-state index in [0.29, 0.717) is 24.7 Å². The van der Waals surface area contributed by atoms with Crippen molar-refractivity contribution in [1.29, 1.82) is 0 Å². The Balaban J connectivity index is 1.52. The van der Waals surface area contributed by atoms with Gasteiger partial charge in [-0.05, 0) is 36.4 Å². The number of methoxy groups -OCH3 is 1. The molecule has 0 fully saturated rings. The zero-order valence-corrected chi connectivity index (χ0v) is 19.2. The third-order valence-corrected chi connectivity index (χ3v) is 5.17. The predicted octanol–water partition coefficient (Wildman–Crippen LogP) is 4.21. The van der Waals surface area contributed by atoms with Gasteiger partial charge in [0.2, 0.25) is 0 Å². The van der Waals surface area contributed by atoms with Gasteiger partial charge in [0.1, 0.15) is 24.5 Å². The van der Waals surface area contributed by atoms with E-state index in [0.717, 1.165) is 28.2 Å². The van der Waals surface area contributed by atoms with Gasteiger partial charge in [-0.2, -0.15) is 9.78 Å². The first-order valence-electron chi connectivity index (χ1n) is 10.6. The first-order chi connectivity index (χ1) is 15.8. The van der Waals surface area contributed by atoms with Gasteiger partial charge >= 0.3 is 6.03 Å². The molecular formula is C24H28N6O3. The van der Waals surface area contributed by atoms with Crippen LogP contribution in [0, 0.1) is 0 Å². The van der Waals surface area contributed by atoms with Crippen LogP contribution in [0.1, 0.15) is 26.5 Å². The van der Waals surface area contributed by atoms with Crippen LogP contribution in [0.5, 0.6) is 5.75 Å². The first-order valence-corrected chi connectivity index (χ1v) is 10.6. The molecule has 1 amide bonds. The molecule has 0 saturated carbocycles. The van der Waals surface area contributed by atoms with Crippen molar-refractivity contribution in [3.8, 4) is 11.4 Å². The molecule has 2 heterocycles. The van der Waals surface area contributed by atoms with Crippen LogP contribution < -0.4 is 15.8 Å². The van der Waals surface area contributed by atoms with Crippen LogP contribution in [-0.4, -0.2) is 45.7 Å². The maximum atomic E-state index is 12.7. The number of nitrogens with two attached hydrogens (primary N) is 1. The smallest absolute Gasteiger partial charge is 0.348 e. The van der Waals surface area contributed by atoms with Gasteiger partial charge in [0.25, 0.3) is 0 Å². The molecule has 0 radical (unpaired) electrons. The average molecular weight is 449 g/mol. The van der Waals surface area contributed by atoms with Gasteiger partial charge in [0.05, 0.1) is 23.3 Å². The van der Waals surface area contributed by atoms with Crippen molar-refractivity contribution in [2.75, 3.05) is 31.4 Å². The van der Waals surface area contributed by atoms with E-state index in [1.54, 1.807) is 19.5 Å². The van der Waals surface area contributed by atoms with Crippen molar-refractivity contribution in [1.82, 2.24) is 19.3 Å². The van der Waals surface area contributed by atoms with Crippen LogP contribution >= 0.6 is 0 Å². The average Bonchev–Trinajstić information content (AvgIpc) is 3.38. The normalized spacial score (nSPS) is 11.6. The van der Waals surface area contributed by atoms with E-state index >= 15 is 0 Å². The largest absolute Gasteiger partial charge is 0.491 e. The van der Waals surface area contributed by atoms with Gasteiger partial charge in [-0.25, -0.2) is 9.78 Å². The number of aromatic nitrogens is 4. The van der Waals surface area contributed by atoms with Crippen molar-refractivity contribution in [3.05, 3.63) is 60.6 Å². The molecule has 0 unspecified atom stereocenters. The molecule has 0 aliphatic carbocycles. The molecule has 0 saturated heterocycles. The van der Waals surface area contributed by atoms with Gasteiger partial charge < -0.3 is 20.5 Å². The molecule has 9 heteroatoms. The van der Waals surface area contributed by atoms with E-state index < -0.39 is 6.03 Å². The number of amides is 1. The summed E-state index contributed by atoms with van der Waals surface area (Å²) < 4.78 is 13.9. The van der Waals surface area contributed by atoms with Crippen LogP contribution in [0.2, 0.25) is 0 Å². The standard InChI is InChI=1S/C24H28N6O3/c1-24(2,3)21-14-22(25)30(28-21)23(31)27-16-5-7-17(8-6-16)29-15-26-19-10-9-18(13-20(19)29)33-12-11-32-4/h5-10,13-15H,11-12,25H2,1-4H3,(H,27,31). The molecule has 0 bridgehead atoms. The van der Waals surface area contributed by atoms with E-state index in [-0.39, 0.29) is 5.41 Å². The number of ether oxygens (including phenoxy) is 2. The van der Waals surface area contributed by atoms with E-state index in [1.807, 2.05) is 67.8 Å². The molecular weight excluding hydrogens is 420 g/mol. The molecule has 0 atom stereocenters. The van der Waals surface area contributed by atoms with Gasteiger partial charge in [0, 0.05) is 36.0 Å². The second kappa shape index (κ2) is 8.95. The maximum Gasteiger partial charge on any atom is 0.348 e. The Morgan fingerprint density at radius 1 is 1.09 bits per heavy atom. The number of carbonyl (C=O) groups excluding carboxylic acids is 1. The number of imidazole rings is 1. The molecule has 33 heavy (non-hydrogen) atoms. The lowest BCUT2D eigenvalue weighted by atomic mass is 9.92. The number of fused-ring (bicyclic) bond motifs is 1. The third kappa shape index (κ3) is 4.83. The first kappa shape index (κ1) is 22.3. The number of nitrogens with one attached hydrogen (secondary N) is 1. The molecule has 2 aromatic heterocycles. The molecule has 3 N–H and O–H groups in total. The topological polar surface area (TPSA) is 109 Å². The molecule has 2 aromatic carbocycles. The van der Waals surface area contributed by atoms with Crippen LogP contribution in [0.25, 0.3) is 16.7 Å². The number of hydrogen-bond acceptors (Lipinski definition) is 6. The summed E-state index contributed by atoms with van der Waals surface area (Å²) >= 11 is 0. The fourth-order valence-electron chi connectivity index (χ4n) is 3.33. The third-order valence-electron chi connectivity index (χ3n) is 5.17. The van der Waals surface area contributed by atoms with Crippen LogP contribution in [-0.2, 0) is 10.2 Å². The summed E-state index contributed by atoms with van der Waals surface area (Å²) in [7, 11) is 1.64. The summed E-state index contributed by atoms with van der Waals surface area (Å²) in [6.45, 7) is 7.05. The number of nitrogen functional groups attached to an aromatic ring is 1. The number of nitrogens with zero attached hydrogens (tertiary/aromatic N) is 4. The fourth-order valence-corrected chi connectivity index (χ4v) is 3.33. The quantitative estimate of drug-likeness (QED) is 0.428. The second-order valence-corrected chi connectivity index (χ2v) is 8.70. The number of benzene rings is 2. The molecule has 0 aliphatic heterocycles. The van der Waals surface area contributed by atoms with E-state index in [2.05, 4.69) is 15.4 Å². The van der Waals surface area contributed by atoms with Crippen molar-refractivity contribution in [2.24, 2.45) is 0 Å². The van der Waals surface area contributed by atoms with Gasteiger partial charge in [-0.3, -0.25) is 4.57 Å². The Hall–Kier alpha value is -3.85. The lowest BCUT2D eigenvalue weighted by Gasteiger charge is -2.14. The number of rotatable bonds is 6. The number of hydrogen-bond donors (Lipinski definition) is 2. The Morgan fingerprint density at radius 3 is 2.52 bits per heavy atom. The summed E-state index contributed by atoms with van der Waals surface area (Å²) in [5.41, 5.74) is 9.85. The molecule has 0 spiro atoms. The van der Waals surface area contributed by atoms with Crippen LogP contribution in [0.4, 0.5) is 16.3 Å². The van der Waals surface area contributed by atoms with Crippen LogP contribution in [0.3, 0.4) is 0 Å². The van der Waals surface area contributed by atoms with Gasteiger partial charge in [-0.1, -0.05) is 20.8 Å². The number of carbonyl (C=O) groups is 1. The second-order valence-electron chi connectivity index (χ2n) is 8.70. The minimum atomic E-state index is -0.415. The van der Waals surface area contributed by atoms with Crippen molar-refractivity contribution >= 4 is 28.6 Å². The lowest BCUT2D eigenvalue weighted by molar-refractivity contribution is 0.146. The highest BCUT2D eigenvalue weighted by atomic mass is 16.5. The van der Waals surface area contributed by atoms with E-state index in [4.69, 9.17) is 15.2 Å². The minimum Gasteiger partial charge on any atom is -0.491 e. The monoisotopic (exact) mass is 448 g/mol. The maximum absolute atomic E-state index is 12.7. The van der Waals surface area contributed by atoms with E-state index in [1.165, 1.54) is 4.68 Å². The Morgan fingerprint density at radius 2 is 1.85 bits per heavy atom. The number of anilines is 2. The van der Waals surface area contributed by atoms with Crippen molar-refractivity contribution in [3.63, 3.8) is 0 Å². The highest BCUT2D eigenvalue weighted by molar-refractivity contribution is 5.92. The van der Waals surface area contributed by atoms with Crippen LogP contribution in [0.15, 0.2) is 54.9 Å². The summed E-state index contributed by atoms with van der Waals surface area (Å²) in [5.74, 6) is 1.04. The molecule has 9 nitrogen and oxygen atoms in total. The summed E-state index contributed by atoms with van der Waals surface area (Å²) in [5, 5.41) is 7.19. The van der Waals surface area contributed by atoms with Gasteiger partial charge in [0.15, 0.2) is 0 Å². The molecule has 172 valence electrons. The molecule has 0 aliphatic rings. The summed E-state index contributed by atoms with van der Waals surface area (Å²) in [6.07, 6.45) is 1.76. The minimum absolute atomic E-state index is 0.205. The predicted molar refractivity (Wildman–Crippen MR) is 128 cm³/mol. The van der Waals surface area contributed by atoms with Crippen molar-refractivity contribution in [2.45, 2.75) is 26.2 Å². The SMILES string of the molecule is COCCOc1ccc2ncn(-c3ccc(NC(=O)n4nc(C(C)(C)C)cc4N)cc3)c2c1.